The fourth-order valence-electron chi connectivity index (χ4n) is 2.46. The van der Waals surface area contributed by atoms with E-state index in [9.17, 15) is 13.2 Å². The number of carbonyl (C=O) groups is 1. The zero-order chi connectivity index (χ0) is 14.3. The van der Waals surface area contributed by atoms with Crippen LogP contribution in [0.15, 0.2) is 18.3 Å². The molecule has 0 bridgehead atoms. The summed E-state index contributed by atoms with van der Waals surface area (Å²) < 4.78 is 24.5. The summed E-state index contributed by atoms with van der Waals surface area (Å²) in [6.45, 7) is 0. The van der Waals surface area contributed by atoms with Crippen molar-refractivity contribution in [2.24, 2.45) is 0 Å². The maximum Gasteiger partial charge on any atom is 0.337 e. The number of nitrogens with zero attached hydrogens (tertiary/aromatic N) is 3. The third-order valence-electron chi connectivity index (χ3n) is 3.60. The van der Waals surface area contributed by atoms with Crippen LogP contribution in [0.5, 0.6) is 0 Å². The van der Waals surface area contributed by atoms with Crippen LogP contribution in [-0.4, -0.2) is 45.6 Å². The van der Waals surface area contributed by atoms with E-state index in [0.29, 0.717) is 24.3 Å². The lowest BCUT2D eigenvalue weighted by Crippen LogP contribution is -2.23. The Balaban J connectivity index is 1.99. The van der Waals surface area contributed by atoms with E-state index >= 15 is 0 Å². The Morgan fingerprint density at radius 2 is 1.95 bits per heavy atom. The molecule has 106 valence electrons. The zero-order valence-corrected chi connectivity index (χ0v) is 11.4. The fourth-order valence-corrected chi connectivity index (χ4v) is 3.95. The summed E-state index contributed by atoms with van der Waals surface area (Å²) in [5.41, 5.74) is 0.723. The molecule has 7 nitrogen and oxygen atoms in total. The van der Waals surface area contributed by atoms with Crippen molar-refractivity contribution in [1.82, 2.24) is 14.6 Å². The Morgan fingerprint density at radius 1 is 1.25 bits per heavy atom. The maximum atomic E-state index is 11.5. The molecule has 0 atom stereocenters. The van der Waals surface area contributed by atoms with Gasteiger partial charge in [-0.15, -0.1) is 10.2 Å². The number of carboxylic acid groups (broad SMARTS) is 1. The van der Waals surface area contributed by atoms with Gasteiger partial charge in [0, 0.05) is 12.1 Å². The number of fused-ring (bicyclic) bond motifs is 1. The molecule has 0 amide bonds. The SMILES string of the molecule is O=C(O)c1ccc2nnc(C3CCS(=O)(=O)CC3)n2c1. The number of hydrogen-bond donors (Lipinski definition) is 1. The third kappa shape index (κ3) is 2.26. The number of hydrogen-bond acceptors (Lipinski definition) is 5. The van der Waals surface area contributed by atoms with Crippen molar-refractivity contribution in [3.8, 4) is 0 Å². The number of aromatic nitrogens is 3. The van der Waals surface area contributed by atoms with Gasteiger partial charge in [-0.2, -0.15) is 0 Å². The minimum absolute atomic E-state index is 0.00225. The molecule has 0 radical (unpaired) electrons. The van der Waals surface area contributed by atoms with Gasteiger partial charge in [-0.05, 0) is 25.0 Å². The first-order valence-electron chi connectivity index (χ1n) is 6.25. The number of rotatable bonds is 2. The molecule has 3 heterocycles. The van der Waals surface area contributed by atoms with E-state index < -0.39 is 15.8 Å². The summed E-state index contributed by atoms with van der Waals surface area (Å²) in [4.78, 5) is 11.0. The first-order chi connectivity index (χ1) is 9.46. The molecular formula is C12H13N3O4S. The lowest BCUT2D eigenvalue weighted by atomic mass is 10.0. The van der Waals surface area contributed by atoms with Gasteiger partial charge in [0.15, 0.2) is 5.65 Å². The van der Waals surface area contributed by atoms with Crippen LogP contribution in [0, 0.1) is 0 Å². The average Bonchev–Trinajstić information content (AvgIpc) is 2.81. The number of aromatic carboxylic acids is 1. The first-order valence-corrected chi connectivity index (χ1v) is 8.07. The van der Waals surface area contributed by atoms with Gasteiger partial charge < -0.3 is 5.11 Å². The lowest BCUT2D eigenvalue weighted by Gasteiger charge is -2.20. The van der Waals surface area contributed by atoms with Gasteiger partial charge in [0.1, 0.15) is 15.7 Å². The minimum Gasteiger partial charge on any atom is -0.478 e. The van der Waals surface area contributed by atoms with Crippen molar-refractivity contribution in [3.63, 3.8) is 0 Å². The van der Waals surface area contributed by atoms with Crippen LogP contribution in [0.4, 0.5) is 0 Å². The van der Waals surface area contributed by atoms with Crippen LogP contribution in [0.25, 0.3) is 5.65 Å². The molecular weight excluding hydrogens is 282 g/mol. The topological polar surface area (TPSA) is 102 Å². The molecule has 0 unspecified atom stereocenters. The number of sulfone groups is 1. The van der Waals surface area contributed by atoms with Gasteiger partial charge in [-0.3, -0.25) is 4.40 Å². The van der Waals surface area contributed by atoms with Crippen LogP contribution >= 0.6 is 0 Å². The zero-order valence-electron chi connectivity index (χ0n) is 10.6. The monoisotopic (exact) mass is 295 g/mol. The van der Waals surface area contributed by atoms with Crippen LogP contribution in [-0.2, 0) is 9.84 Å². The van der Waals surface area contributed by atoms with E-state index in [4.69, 9.17) is 5.11 Å². The molecule has 1 aliphatic rings. The average molecular weight is 295 g/mol. The van der Waals surface area contributed by atoms with Gasteiger partial charge in [-0.25, -0.2) is 13.2 Å². The summed E-state index contributed by atoms with van der Waals surface area (Å²) in [6.07, 6.45) is 2.48. The third-order valence-corrected chi connectivity index (χ3v) is 5.31. The Bertz CT molecular complexity index is 767. The molecule has 3 rings (SSSR count). The molecule has 0 aromatic carbocycles. The summed E-state index contributed by atoms with van der Waals surface area (Å²) in [7, 11) is -2.93. The Hall–Kier alpha value is -1.96. The van der Waals surface area contributed by atoms with Crippen molar-refractivity contribution in [2.45, 2.75) is 18.8 Å². The minimum atomic E-state index is -2.93. The van der Waals surface area contributed by atoms with Gasteiger partial charge in [0.05, 0.1) is 17.1 Å². The Morgan fingerprint density at radius 3 is 2.60 bits per heavy atom. The molecule has 1 N–H and O–H groups in total. The molecule has 1 saturated heterocycles. The highest BCUT2D eigenvalue weighted by Crippen LogP contribution is 2.28. The van der Waals surface area contributed by atoms with Crippen molar-refractivity contribution in [1.29, 1.82) is 0 Å². The summed E-state index contributed by atoms with van der Waals surface area (Å²) >= 11 is 0. The van der Waals surface area contributed by atoms with Gasteiger partial charge in [0.25, 0.3) is 0 Å². The molecule has 2 aromatic heterocycles. The molecule has 2 aromatic rings. The number of carboxylic acids is 1. The molecule has 8 heteroatoms. The van der Waals surface area contributed by atoms with Gasteiger partial charge >= 0.3 is 5.97 Å². The Labute approximate surface area is 115 Å². The first kappa shape index (κ1) is 13.0. The molecule has 20 heavy (non-hydrogen) atoms. The predicted octanol–water partition coefficient (Wildman–Crippen LogP) is 0.720. The molecule has 1 aliphatic heterocycles. The van der Waals surface area contributed by atoms with Crippen LogP contribution in [0.1, 0.15) is 34.9 Å². The standard InChI is InChI=1S/C12H13N3O4S/c16-12(17)9-1-2-10-13-14-11(15(10)7-9)8-3-5-20(18,19)6-4-8/h1-2,7-8H,3-6H2,(H,16,17). The smallest absolute Gasteiger partial charge is 0.337 e. The van der Waals surface area contributed by atoms with Crippen molar-refractivity contribution < 1.29 is 18.3 Å². The van der Waals surface area contributed by atoms with E-state index in [2.05, 4.69) is 10.2 Å². The van der Waals surface area contributed by atoms with Crippen molar-refractivity contribution in [3.05, 3.63) is 29.7 Å². The van der Waals surface area contributed by atoms with Crippen LogP contribution in [0.3, 0.4) is 0 Å². The van der Waals surface area contributed by atoms with Crippen molar-refractivity contribution >= 4 is 21.5 Å². The summed E-state index contributed by atoms with van der Waals surface area (Å²) in [5.74, 6) is -0.0931. The van der Waals surface area contributed by atoms with E-state index in [1.165, 1.54) is 12.3 Å². The predicted molar refractivity (Wildman–Crippen MR) is 70.6 cm³/mol. The summed E-state index contributed by atoms with van der Waals surface area (Å²) in [5, 5.41) is 17.1. The molecule has 0 saturated carbocycles. The maximum absolute atomic E-state index is 11.5. The Kier molecular flexibility index (Phi) is 2.97. The number of pyridine rings is 1. The molecule has 0 aliphatic carbocycles. The quantitative estimate of drug-likeness (QED) is 0.876. The second-order valence-electron chi connectivity index (χ2n) is 4.94. The fraction of sp³-hybridized carbons (Fsp3) is 0.417. The largest absolute Gasteiger partial charge is 0.478 e. The van der Waals surface area contributed by atoms with Gasteiger partial charge in [0.2, 0.25) is 0 Å². The van der Waals surface area contributed by atoms with E-state index in [1.54, 1.807) is 10.5 Å². The van der Waals surface area contributed by atoms with Crippen molar-refractivity contribution in [2.75, 3.05) is 11.5 Å². The highest BCUT2D eigenvalue weighted by atomic mass is 32.2. The van der Waals surface area contributed by atoms with E-state index in [1.807, 2.05) is 0 Å². The highest BCUT2D eigenvalue weighted by molar-refractivity contribution is 7.91. The van der Waals surface area contributed by atoms with E-state index in [-0.39, 0.29) is 23.0 Å². The lowest BCUT2D eigenvalue weighted by molar-refractivity contribution is 0.0696. The van der Waals surface area contributed by atoms with Crippen LogP contribution in [0.2, 0.25) is 0 Å². The highest BCUT2D eigenvalue weighted by Gasteiger charge is 2.28. The van der Waals surface area contributed by atoms with Gasteiger partial charge in [-0.1, -0.05) is 0 Å². The normalized spacial score (nSPS) is 19.2. The second-order valence-corrected chi connectivity index (χ2v) is 7.24. The second kappa shape index (κ2) is 4.55. The molecule has 0 spiro atoms. The molecule has 1 fully saturated rings. The summed E-state index contributed by atoms with van der Waals surface area (Å²) in [6, 6.07) is 3.07. The van der Waals surface area contributed by atoms with E-state index in [0.717, 1.165) is 0 Å². The van der Waals surface area contributed by atoms with Crippen LogP contribution < -0.4 is 0 Å².